The molecule has 0 N–H and O–H groups in total. The molecule has 166 valence electrons. The highest BCUT2D eigenvalue weighted by Gasteiger charge is 2.39. The summed E-state index contributed by atoms with van der Waals surface area (Å²) >= 11 is 4.78. The predicted molar refractivity (Wildman–Crippen MR) is 142 cm³/mol. The van der Waals surface area contributed by atoms with Crippen molar-refractivity contribution in [2.45, 2.75) is 70.9 Å². The second kappa shape index (κ2) is 13.5. The van der Waals surface area contributed by atoms with Crippen molar-refractivity contribution in [3.05, 3.63) is 35.9 Å². The summed E-state index contributed by atoms with van der Waals surface area (Å²) in [5, 5.41) is 0.149. The summed E-state index contributed by atoms with van der Waals surface area (Å²) in [4.78, 5) is 14.7. The van der Waals surface area contributed by atoms with E-state index in [2.05, 4.69) is 79.0 Å². The quantitative estimate of drug-likeness (QED) is 0.106. The van der Waals surface area contributed by atoms with Crippen molar-refractivity contribution in [2.24, 2.45) is 0 Å². The molecule has 29 heavy (non-hydrogen) atoms. The maximum Gasteiger partial charge on any atom is 0.410 e. The van der Waals surface area contributed by atoms with Crippen LogP contribution in [0.3, 0.4) is 0 Å². The maximum atomic E-state index is 12.9. The number of unbranched alkanes of at least 4 members (excludes halogenated alkanes) is 1. The molecule has 0 spiro atoms. The number of hydrogen-bond acceptors (Lipinski definition) is 3. The van der Waals surface area contributed by atoms with Gasteiger partial charge >= 0.3 is 6.09 Å². The molecule has 1 rings (SSSR count). The number of halogens is 2. The fraction of sp³-hybridized carbons (Fsp3) is 0.682. The Labute approximate surface area is 205 Å². The van der Waals surface area contributed by atoms with Crippen LogP contribution in [-0.4, -0.2) is 47.4 Å². The van der Waals surface area contributed by atoms with Gasteiger partial charge in [-0.15, -0.1) is 0 Å². The lowest BCUT2D eigenvalue weighted by Gasteiger charge is -2.40. The molecular weight excluding hydrogens is 608 g/mol. The van der Waals surface area contributed by atoms with E-state index in [1.807, 2.05) is 35.2 Å². The van der Waals surface area contributed by atoms with Gasteiger partial charge in [0.15, 0.2) is 8.32 Å². The standard InChI is InChI=1S/C22H37I2NO3Si/c1-22(2,3)29(4,5)28-20(13-15-24)17-25(16-10-9-14-23)21(26)27-18-19-11-7-6-8-12-19/h6-8,11-12,20H,9-10,13-18H2,1-5H3. The Bertz CT molecular complexity index is 593. The summed E-state index contributed by atoms with van der Waals surface area (Å²) in [7, 11) is -1.90. The third kappa shape index (κ3) is 10.3. The van der Waals surface area contributed by atoms with Crippen molar-refractivity contribution in [3.8, 4) is 0 Å². The number of carbonyl (C=O) groups is 1. The third-order valence-corrected chi connectivity index (χ3v) is 11.3. The number of alkyl halides is 2. The van der Waals surface area contributed by atoms with E-state index in [1.54, 1.807) is 0 Å². The molecule has 1 aromatic carbocycles. The van der Waals surface area contributed by atoms with E-state index < -0.39 is 8.32 Å². The summed E-state index contributed by atoms with van der Waals surface area (Å²) in [6, 6.07) is 9.85. The molecule has 0 saturated heterocycles. The topological polar surface area (TPSA) is 38.8 Å². The van der Waals surface area contributed by atoms with Crippen molar-refractivity contribution in [2.75, 3.05) is 21.9 Å². The molecule has 0 aliphatic heterocycles. The summed E-state index contributed by atoms with van der Waals surface area (Å²) < 4.78 is 14.4. The Morgan fingerprint density at radius 1 is 1.10 bits per heavy atom. The monoisotopic (exact) mass is 645 g/mol. The van der Waals surface area contributed by atoms with Crippen molar-refractivity contribution < 1.29 is 14.0 Å². The van der Waals surface area contributed by atoms with E-state index in [0.717, 1.165) is 40.2 Å². The Kier molecular flexibility index (Phi) is 12.7. The molecule has 0 aliphatic rings. The van der Waals surface area contributed by atoms with E-state index in [4.69, 9.17) is 9.16 Å². The molecule has 1 amide bonds. The van der Waals surface area contributed by atoms with Crippen molar-refractivity contribution in [1.82, 2.24) is 4.90 Å². The first-order valence-corrected chi connectivity index (χ1v) is 16.3. The zero-order valence-corrected chi connectivity index (χ0v) is 23.9. The van der Waals surface area contributed by atoms with Crippen LogP contribution in [-0.2, 0) is 15.8 Å². The molecule has 1 atom stereocenters. The van der Waals surface area contributed by atoms with Gasteiger partial charge in [0, 0.05) is 17.5 Å². The lowest BCUT2D eigenvalue weighted by atomic mass is 10.2. The van der Waals surface area contributed by atoms with Gasteiger partial charge in [-0.25, -0.2) is 4.79 Å². The van der Waals surface area contributed by atoms with Crippen LogP contribution < -0.4 is 0 Å². The Balaban J connectivity index is 2.82. The van der Waals surface area contributed by atoms with Gasteiger partial charge in [-0.1, -0.05) is 96.3 Å². The minimum Gasteiger partial charge on any atom is -0.445 e. The Morgan fingerprint density at radius 3 is 2.31 bits per heavy atom. The third-order valence-electron chi connectivity index (χ3n) is 5.40. The number of ether oxygens (including phenoxy) is 1. The Morgan fingerprint density at radius 2 is 1.76 bits per heavy atom. The fourth-order valence-corrected chi connectivity index (χ4v) is 5.23. The van der Waals surface area contributed by atoms with Gasteiger partial charge in [-0.05, 0) is 47.4 Å². The highest BCUT2D eigenvalue weighted by molar-refractivity contribution is 14.1. The molecule has 1 aromatic rings. The largest absolute Gasteiger partial charge is 0.445 e. The van der Waals surface area contributed by atoms with Gasteiger partial charge in [-0.3, -0.25) is 0 Å². The number of amides is 1. The maximum absolute atomic E-state index is 12.9. The van der Waals surface area contributed by atoms with E-state index in [-0.39, 0.29) is 17.2 Å². The van der Waals surface area contributed by atoms with Gasteiger partial charge in [0.1, 0.15) is 6.61 Å². The van der Waals surface area contributed by atoms with Crippen LogP contribution in [0.5, 0.6) is 0 Å². The number of benzene rings is 1. The van der Waals surface area contributed by atoms with Crippen LogP contribution in [0, 0.1) is 0 Å². The predicted octanol–water partition coefficient (Wildman–Crippen LogP) is 7.06. The molecule has 7 heteroatoms. The summed E-state index contributed by atoms with van der Waals surface area (Å²) in [6.45, 7) is 13.0. The second-order valence-electron chi connectivity index (χ2n) is 8.86. The molecule has 0 aromatic heterocycles. The lowest BCUT2D eigenvalue weighted by molar-refractivity contribution is 0.0707. The smallest absolute Gasteiger partial charge is 0.410 e. The van der Waals surface area contributed by atoms with Gasteiger partial charge in [-0.2, -0.15) is 0 Å². The van der Waals surface area contributed by atoms with Crippen molar-refractivity contribution >= 4 is 59.6 Å². The highest BCUT2D eigenvalue weighted by Crippen LogP contribution is 2.37. The zero-order valence-electron chi connectivity index (χ0n) is 18.5. The SMILES string of the molecule is CC(C)(C)[Si](C)(C)OC(CCI)CN(CCCCI)C(=O)OCc1ccccc1. The van der Waals surface area contributed by atoms with E-state index in [0.29, 0.717) is 13.2 Å². The summed E-state index contributed by atoms with van der Waals surface area (Å²) in [6.07, 6.45) is 2.85. The first-order chi connectivity index (χ1) is 13.6. The van der Waals surface area contributed by atoms with Crippen LogP contribution in [0.2, 0.25) is 18.1 Å². The van der Waals surface area contributed by atoms with Crippen LogP contribution in [0.4, 0.5) is 4.79 Å². The second-order valence-corrected chi connectivity index (χ2v) is 15.8. The van der Waals surface area contributed by atoms with Crippen LogP contribution in [0.15, 0.2) is 30.3 Å². The summed E-state index contributed by atoms with van der Waals surface area (Å²) in [5.74, 6) is 0. The molecule has 0 radical (unpaired) electrons. The van der Waals surface area contributed by atoms with Crippen LogP contribution in [0.1, 0.15) is 45.6 Å². The molecule has 1 unspecified atom stereocenters. The Hall–Kier alpha value is 0.127. The molecule has 0 saturated carbocycles. The van der Waals surface area contributed by atoms with Gasteiger partial charge in [0.2, 0.25) is 0 Å². The first-order valence-electron chi connectivity index (χ1n) is 10.4. The van der Waals surface area contributed by atoms with E-state index in [1.165, 1.54) is 0 Å². The van der Waals surface area contributed by atoms with E-state index in [9.17, 15) is 4.79 Å². The zero-order chi connectivity index (χ0) is 21.9. The molecule has 0 bridgehead atoms. The van der Waals surface area contributed by atoms with E-state index >= 15 is 0 Å². The summed E-state index contributed by atoms with van der Waals surface area (Å²) in [5.41, 5.74) is 1.01. The van der Waals surface area contributed by atoms with Crippen LogP contribution in [0.25, 0.3) is 0 Å². The molecule has 0 fully saturated rings. The minimum atomic E-state index is -1.90. The number of rotatable bonds is 12. The molecule has 4 nitrogen and oxygen atoms in total. The normalized spacial score (nSPS) is 13.2. The molecular formula is C22H37I2NO3Si. The van der Waals surface area contributed by atoms with Gasteiger partial charge in [0.05, 0.1) is 6.10 Å². The van der Waals surface area contributed by atoms with Crippen molar-refractivity contribution in [1.29, 1.82) is 0 Å². The minimum absolute atomic E-state index is 0.0525. The van der Waals surface area contributed by atoms with Crippen molar-refractivity contribution in [3.63, 3.8) is 0 Å². The number of carbonyl (C=O) groups excluding carboxylic acids is 1. The van der Waals surface area contributed by atoms with Gasteiger partial charge < -0.3 is 14.1 Å². The fourth-order valence-electron chi connectivity index (χ4n) is 2.61. The van der Waals surface area contributed by atoms with Gasteiger partial charge in [0.25, 0.3) is 0 Å². The average Bonchev–Trinajstić information content (AvgIpc) is 2.65. The number of nitrogens with zero attached hydrogens (tertiary/aromatic N) is 1. The molecule has 0 heterocycles. The first kappa shape index (κ1) is 27.2. The lowest BCUT2D eigenvalue weighted by Crippen LogP contribution is -2.48. The number of hydrogen-bond donors (Lipinski definition) is 0. The van der Waals surface area contributed by atoms with Crippen LogP contribution >= 0.6 is 45.2 Å². The highest BCUT2D eigenvalue weighted by atomic mass is 127. The molecule has 0 aliphatic carbocycles. The average molecular weight is 645 g/mol.